The lowest BCUT2D eigenvalue weighted by Crippen LogP contribution is -2.02. The van der Waals surface area contributed by atoms with Gasteiger partial charge in [0, 0.05) is 43.0 Å². The standard InChI is InChI=1S/C10H10N2S.C10H10N2.C9H9BrO.3C2H6/c13-10-11-7-9(12-10)6-8-4-2-1-3-5-8;1-2-4-9(5-3-1)6-10-7-11-8-12-10;10-7-9(11)6-8-4-2-1-3-5-8;3*1-2/h1-5,7H,6H2,(H2,11,12,13);1-5,7-8H,6H2,(H,11,12);1-5H,6-7H2;3*1-2H3. The molecule has 0 aliphatic rings. The Bertz CT molecular complexity index is 1320. The first-order chi connectivity index (χ1) is 20.6. The van der Waals surface area contributed by atoms with Gasteiger partial charge in [-0.2, -0.15) is 0 Å². The molecule has 2 heterocycles. The zero-order valence-electron chi connectivity index (χ0n) is 25.9. The van der Waals surface area contributed by atoms with Gasteiger partial charge >= 0.3 is 0 Å². The molecule has 0 radical (unpaired) electrons. The Morgan fingerprint density at radius 1 is 0.690 bits per heavy atom. The van der Waals surface area contributed by atoms with E-state index in [1.165, 1.54) is 11.1 Å². The Morgan fingerprint density at radius 3 is 1.52 bits per heavy atom. The first kappa shape index (κ1) is 38.5. The quantitative estimate of drug-likeness (QED) is 0.121. The number of nitrogens with one attached hydrogen (secondary N) is 3. The number of benzene rings is 3. The molecule has 0 fully saturated rings. The second-order valence-corrected chi connectivity index (χ2v) is 8.97. The monoisotopic (exact) mass is 650 g/mol. The van der Waals surface area contributed by atoms with Gasteiger partial charge in [0.2, 0.25) is 0 Å². The predicted molar refractivity (Wildman–Crippen MR) is 186 cm³/mol. The normalized spacial score (nSPS) is 8.93. The van der Waals surface area contributed by atoms with Crippen molar-refractivity contribution in [3.8, 4) is 0 Å². The minimum atomic E-state index is 0.219. The van der Waals surface area contributed by atoms with Gasteiger partial charge in [-0.25, -0.2) is 4.98 Å². The van der Waals surface area contributed by atoms with Gasteiger partial charge in [-0.05, 0) is 28.9 Å². The zero-order valence-corrected chi connectivity index (χ0v) is 28.3. The molecule has 0 atom stereocenters. The van der Waals surface area contributed by atoms with Gasteiger partial charge in [0.25, 0.3) is 0 Å². The number of imidazole rings is 2. The number of halogens is 1. The number of nitrogens with zero attached hydrogens (tertiary/aromatic N) is 1. The number of hydrogen-bond acceptors (Lipinski definition) is 3. The topological polar surface area (TPSA) is 77.3 Å². The number of aromatic nitrogens is 4. The van der Waals surface area contributed by atoms with E-state index in [1.54, 1.807) is 6.33 Å². The van der Waals surface area contributed by atoms with Crippen molar-refractivity contribution >= 4 is 33.9 Å². The van der Waals surface area contributed by atoms with E-state index in [9.17, 15) is 4.79 Å². The van der Waals surface area contributed by atoms with Gasteiger partial charge in [-0.15, -0.1) is 0 Å². The Morgan fingerprint density at radius 2 is 1.14 bits per heavy atom. The smallest absolute Gasteiger partial charge is 0.174 e. The summed E-state index contributed by atoms with van der Waals surface area (Å²) in [7, 11) is 0. The fraction of sp³-hybridized carbons (Fsp3) is 0.286. The number of aromatic amines is 3. The fourth-order valence-electron chi connectivity index (χ4n) is 3.35. The van der Waals surface area contributed by atoms with Crippen molar-refractivity contribution < 1.29 is 4.79 Å². The maximum atomic E-state index is 10.9. The SMILES string of the molecule is CC.CC.CC.O=C(CBr)Cc1ccccc1.S=c1[nH]cc(Cc2ccccc2)[nH]1.c1ccc(Cc2cnc[nH]2)cc1. The molecule has 3 aromatic carbocycles. The van der Waals surface area contributed by atoms with Crippen LogP contribution < -0.4 is 0 Å². The van der Waals surface area contributed by atoms with Gasteiger partial charge < -0.3 is 15.0 Å². The Kier molecular flexibility index (Phi) is 24.1. The van der Waals surface area contributed by atoms with Crippen LogP contribution in [-0.2, 0) is 24.1 Å². The number of rotatable bonds is 7. The summed E-state index contributed by atoms with van der Waals surface area (Å²) in [4.78, 5) is 24.0. The summed E-state index contributed by atoms with van der Waals surface area (Å²) >= 11 is 8.06. The van der Waals surface area contributed by atoms with Crippen molar-refractivity contribution in [3.05, 3.63) is 143 Å². The van der Waals surface area contributed by atoms with Crippen molar-refractivity contribution in [2.45, 2.75) is 60.8 Å². The van der Waals surface area contributed by atoms with E-state index in [0.717, 1.165) is 29.8 Å². The highest BCUT2D eigenvalue weighted by atomic mass is 79.9. The molecule has 0 aliphatic carbocycles. The molecule has 0 unspecified atom stereocenters. The number of carbonyl (C=O) groups is 1. The van der Waals surface area contributed by atoms with Crippen LogP contribution in [-0.4, -0.2) is 31.0 Å². The van der Waals surface area contributed by atoms with Gasteiger partial charge in [-0.1, -0.05) is 148 Å². The van der Waals surface area contributed by atoms with Crippen molar-refractivity contribution in [1.29, 1.82) is 0 Å². The molecule has 5 nitrogen and oxygen atoms in total. The number of Topliss-reactive ketones (excluding diaryl/α,β-unsaturated/α-hetero) is 1. The lowest BCUT2D eigenvalue weighted by molar-refractivity contribution is -0.115. The molecule has 5 rings (SSSR count). The Labute approximate surface area is 266 Å². The van der Waals surface area contributed by atoms with E-state index < -0.39 is 0 Å². The molecule has 0 saturated heterocycles. The molecule has 5 aromatic rings. The summed E-state index contributed by atoms with van der Waals surface area (Å²) in [6, 6.07) is 30.4. The highest BCUT2D eigenvalue weighted by molar-refractivity contribution is 9.09. The number of hydrogen-bond donors (Lipinski definition) is 3. The zero-order chi connectivity index (χ0) is 31.4. The summed E-state index contributed by atoms with van der Waals surface area (Å²) in [5.41, 5.74) is 5.95. The van der Waals surface area contributed by atoms with Crippen LogP contribution in [0, 0.1) is 4.77 Å². The van der Waals surface area contributed by atoms with E-state index >= 15 is 0 Å². The van der Waals surface area contributed by atoms with E-state index in [4.69, 9.17) is 12.2 Å². The maximum absolute atomic E-state index is 10.9. The molecule has 0 spiro atoms. The van der Waals surface area contributed by atoms with Crippen molar-refractivity contribution in [1.82, 2.24) is 19.9 Å². The van der Waals surface area contributed by atoms with Crippen molar-refractivity contribution in [2.24, 2.45) is 0 Å². The number of alkyl halides is 1. The van der Waals surface area contributed by atoms with Crippen LogP contribution in [0.3, 0.4) is 0 Å². The van der Waals surface area contributed by atoms with Crippen LogP contribution in [0.2, 0.25) is 0 Å². The molecular weight excluding hydrogens is 604 g/mol. The minimum absolute atomic E-state index is 0.219. The first-order valence-corrected chi connectivity index (χ1v) is 16.1. The van der Waals surface area contributed by atoms with Crippen LogP contribution in [0.1, 0.15) is 69.6 Å². The highest BCUT2D eigenvalue weighted by Crippen LogP contribution is 2.06. The number of H-pyrrole nitrogens is 3. The molecule has 2 aromatic heterocycles. The highest BCUT2D eigenvalue weighted by Gasteiger charge is 1.99. The molecule has 0 aliphatic heterocycles. The third-order valence-corrected chi connectivity index (χ3v) is 5.92. The maximum Gasteiger partial charge on any atom is 0.174 e. The van der Waals surface area contributed by atoms with Gasteiger partial charge in [-0.3, -0.25) is 4.79 Å². The molecule has 0 amide bonds. The van der Waals surface area contributed by atoms with Gasteiger partial charge in [0.05, 0.1) is 11.7 Å². The third kappa shape index (κ3) is 18.0. The summed E-state index contributed by atoms with van der Waals surface area (Å²) in [6.07, 6.45) is 7.83. The molecule has 226 valence electrons. The van der Waals surface area contributed by atoms with E-state index in [1.807, 2.05) is 121 Å². The van der Waals surface area contributed by atoms with Crippen LogP contribution in [0.25, 0.3) is 0 Å². The lowest BCUT2D eigenvalue weighted by Gasteiger charge is -1.96. The van der Waals surface area contributed by atoms with Crippen LogP contribution in [0.5, 0.6) is 0 Å². The predicted octanol–water partition coefficient (Wildman–Crippen LogP) is 9.94. The average Bonchev–Trinajstić information content (AvgIpc) is 3.73. The van der Waals surface area contributed by atoms with E-state index in [2.05, 4.69) is 60.1 Å². The van der Waals surface area contributed by atoms with Crippen LogP contribution in [0.4, 0.5) is 0 Å². The number of ketones is 1. The molecular formula is C35H47BrN4OS. The second kappa shape index (κ2) is 26.4. The molecule has 42 heavy (non-hydrogen) atoms. The lowest BCUT2D eigenvalue weighted by atomic mass is 10.1. The average molecular weight is 652 g/mol. The second-order valence-electron chi connectivity index (χ2n) is 8.00. The van der Waals surface area contributed by atoms with E-state index in [0.29, 0.717) is 16.5 Å². The molecule has 7 heteroatoms. The van der Waals surface area contributed by atoms with Gasteiger partial charge in [0.1, 0.15) is 5.78 Å². The Hall–Kier alpha value is -3.55. The largest absolute Gasteiger partial charge is 0.348 e. The minimum Gasteiger partial charge on any atom is -0.348 e. The molecule has 3 N–H and O–H groups in total. The summed E-state index contributed by atoms with van der Waals surface area (Å²) in [6.45, 7) is 12.0. The first-order valence-electron chi connectivity index (χ1n) is 14.6. The summed E-state index contributed by atoms with van der Waals surface area (Å²) in [5, 5.41) is 0.446. The fourth-order valence-corrected chi connectivity index (χ4v) is 3.74. The molecule has 0 bridgehead atoms. The van der Waals surface area contributed by atoms with Gasteiger partial charge in [0.15, 0.2) is 4.77 Å². The van der Waals surface area contributed by atoms with Crippen molar-refractivity contribution in [2.75, 3.05) is 5.33 Å². The van der Waals surface area contributed by atoms with Crippen LogP contribution >= 0.6 is 28.1 Å². The summed E-state index contributed by atoms with van der Waals surface area (Å²) in [5.74, 6) is 0.219. The van der Waals surface area contributed by atoms with E-state index in [-0.39, 0.29) is 5.78 Å². The Balaban J connectivity index is 0.000000552. The van der Waals surface area contributed by atoms with Crippen LogP contribution in [0.15, 0.2) is 110 Å². The number of carbonyl (C=O) groups excluding carboxylic acids is 1. The third-order valence-electron chi connectivity index (χ3n) is 5.07. The summed E-state index contributed by atoms with van der Waals surface area (Å²) < 4.78 is 0.686. The van der Waals surface area contributed by atoms with Crippen molar-refractivity contribution in [3.63, 3.8) is 0 Å². The molecule has 0 saturated carbocycles.